The van der Waals surface area contributed by atoms with Crippen LogP contribution in [0.25, 0.3) is 0 Å². The summed E-state index contributed by atoms with van der Waals surface area (Å²) in [6, 6.07) is 1.30. The van der Waals surface area contributed by atoms with Gasteiger partial charge in [-0.3, -0.25) is 4.79 Å². The molecule has 1 rings (SSSR count). The lowest BCUT2D eigenvalue weighted by Gasteiger charge is -2.21. The fourth-order valence-electron chi connectivity index (χ4n) is 1.39. The normalized spacial score (nSPS) is 10.4. The summed E-state index contributed by atoms with van der Waals surface area (Å²) in [7, 11) is 0. The Labute approximate surface area is 100 Å². The zero-order valence-electron chi connectivity index (χ0n) is 10.3. The average molecular weight is 240 g/mol. The number of hydrogen-bond acceptors (Lipinski definition) is 4. The van der Waals surface area contributed by atoms with Crippen LogP contribution in [0.5, 0.6) is 0 Å². The molecule has 1 aromatic heterocycles. The van der Waals surface area contributed by atoms with E-state index in [1.54, 1.807) is 4.90 Å². The Bertz CT molecular complexity index is 383. The highest BCUT2D eigenvalue weighted by Gasteiger charge is 2.12. The van der Waals surface area contributed by atoms with E-state index in [-0.39, 0.29) is 18.5 Å². The van der Waals surface area contributed by atoms with Gasteiger partial charge in [-0.15, -0.1) is 0 Å². The highest BCUT2D eigenvalue weighted by Crippen LogP contribution is 2.09. The van der Waals surface area contributed by atoms with Crippen LogP contribution in [-0.4, -0.2) is 35.0 Å². The number of carbonyl (C=O) groups excluding carboxylic acids is 1. The number of nitrogens with zero attached hydrogens (tertiary/aromatic N) is 3. The van der Waals surface area contributed by atoms with Crippen LogP contribution in [0.1, 0.15) is 20.8 Å². The summed E-state index contributed by atoms with van der Waals surface area (Å²) in [5.41, 5.74) is 0. The Kier molecular flexibility index (Phi) is 4.81. The highest BCUT2D eigenvalue weighted by molar-refractivity contribution is 5.81. The number of hydrogen-bond donors (Lipinski definition) is 1. The Morgan fingerprint density at radius 3 is 2.76 bits per heavy atom. The Hall–Kier alpha value is -1.72. The maximum absolute atomic E-state index is 12.9. The molecule has 0 saturated heterocycles. The predicted octanol–water partition coefficient (Wildman–Crippen LogP) is 0.967. The van der Waals surface area contributed by atoms with Crippen LogP contribution in [0, 0.1) is 5.95 Å². The topological polar surface area (TPSA) is 58.1 Å². The van der Waals surface area contributed by atoms with Crippen molar-refractivity contribution in [1.82, 2.24) is 15.3 Å². The third kappa shape index (κ3) is 4.34. The van der Waals surface area contributed by atoms with Gasteiger partial charge < -0.3 is 10.2 Å². The lowest BCUT2D eigenvalue weighted by atomic mass is 10.3. The van der Waals surface area contributed by atoms with Gasteiger partial charge in [0.15, 0.2) is 0 Å². The molecule has 0 radical (unpaired) electrons. The van der Waals surface area contributed by atoms with Crippen LogP contribution in [0.4, 0.5) is 10.2 Å². The fraction of sp³-hybridized carbons (Fsp3) is 0.545. The molecule has 0 bridgehead atoms. The van der Waals surface area contributed by atoms with Crippen LogP contribution in [-0.2, 0) is 4.79 Å². The molecular formula is C11H17FN4O. The van der Waals surface area contributed by atoms with Crippen molar-refractivity contribution in [3.05, 3.63) is 18.3 Å². The summed E-state index contributed by atoms with van der Waals surface area (Å²) in [5, 5.41) is 2.77. The lowest BCUT2D eigenvalue weighted by Crippen LogP contribution is -2.40. The first kappa shape index (κ1) is 13.3. The average Bonchev–Trinajstić information content (AvgIpc) is 2.24. The Morgan fingerprint density at radius 1 is 1.53 bits per heavy atom. The van der Waals surface area contributed by atoms with E-state index >= 15 is 0 Å². The van der Waals surface area contributed by atoms with Gasteiger partial charge in [0.25, 0.3) is 0 Å². The lowest BCUT2D eigenvalue weighted by molar-refractivity contribution is -0.120. The zero-order chi connectivity index (χ0) is 12.8. The van der Waals surface area contributed by atoms with Gasteiger partial charge in [0, 0.05) is 18.7 Å². The Balaban J connectivity index is 2.69. The minimum atomic E-state index is -0.599. The molecule has 1 amide bonds. The summed E-state index contributed by atoms with van der Waals surface area (Å²) in [4.78, 5) is 20.6. The summed E-state index contributed by atoms with van der Waals surface area (Å²) in [5.74, 6) is -0.294. The van der Waals surface area contributed by atoms with Gasteiger partial charge in [-0.05, 0) is 20.8 Å². The monoisotopic (exact) mass is 240 g/mol. The predicted molar refractivity (Wildman–Crippen MR) is 63.2 cm³/mol. The molecule has 0 aliphatic heterocycles. The number of likely N-dealkylation sites (N-methyl/N-ethyl adjacent to an activating group) is 1. The number of aromatic nitrogens is 2. The van der Waals surface area contributed by atoms with Crippen molar-refractivity contribution < 1.29 is 9.18 Å². The molecule has 5 nitrogen and oxygen atoms in total. The molecule has 0 aliphatic carbocycles. The van der Waals surface area contributed by atoms with Gasteiger partial charge >= 0.3 is 0 Å². The first-order valence-corrected chi connectivity index (χ1v) is 5.54. The second-order valence-electron chi connectivity index (χ2n) is 3.94. The van der Waals surface area contributed by atoms with Gasteiger partial charge in [-0.2, -0.15) is 4.39 Å². The summed E-state index contributed by atoms with van der Waals surface area (Å²) >= 11 is 0. The number of rotatable bonds is 5. The largest absolute Gasteiger partial charge is 0.352 e. The number of amides is 1. The molecule has 0 atom stereocenters. The van der Waals surface area contributed by atoms with Crippen molar-refractivity contribution in [2.45, 2.75) is 26.8 Å². The van der Waals surface area contributed by atoms with Gasteiger partial charge in [0.2, 0.25) is 11.9 Å². The fourth-order valence-corrected chi connectivity index (χ4v) is 1.39. The molecule has 0 unspecified atom stereocenters. The first-order chi connectivity index (χ1) is 8.02. The molecule has 0 fully saturated rings. The second-order valence-corrected chi connectivity index (χ2v) is 3.94. The molecule has 1 heterocycles. The van der Waals surface area contributed by atoms with E-state index in [1.807, 2.05) is 20.8 Å². The number of nitrogens with one attached hydrogen (secondary N) is 1. The summed E-state index contributed by atoms with van der Waals surface area (Å²) in [6.45, 7) is 6.38. The number of halogens is 1. The van der Waals surface area contributed by atoms with E-state index in [1.165, 1.54) is 6.07 Å². The molecule has 94 valence electrons. The zero-order valence-corrected chi connectivity index (χ0v) is 10.3. The van der Waals surface area contributed by atoms with Gasteiger partial charge in [0.05, 0.1) is 6.54 Å². The van der Waals surface area contributed by atoms with Gasteiger partial charge in [-0.25, -0.2) is 9.97 Å². The second kappa shape index (κ2) is 6.12. The molecule has 17 heavy (non-hydrogen) atoms. The van der Waals surface area contributed by atoms with E-state index in [4.69, 9.17) is 0 Å². The summed E-state index contributed by atoms with van der Waals surface area (Å²) < 4.78 is 12.9. The van der Waals surface area contributed by atoms with Crippen molar-refractivity contribution in [3.63, 3.8) is 0 Å². The van der Waals surface area contributed by atoms with Crippen LogP contribution < -0.4 is 10.2 Å². The van der Waals surface area contributed by atoms with Crippen molar-refractivity contribution in [2.24, 2.45) is 0 Å². The molecule has 1 aromatic rings. The molecular weight excluding hydrogens is 223 g/mol. The van der Waals surface area contributed by atoms with Crippen LogP contribution >= 0.6 is 0 Å². The molecule has 0 aliphatic rings. The molecule has 0 spiro atoms. The molecule has 1 N–H and O–H groups in total. The van der Waals surface area contributed by atoms with Crippen molar-refractivity contribution in [3.8, 4) is 0 Å². The van der Waals surface area contributed by atoms with Crippen molar-refractivity contribution >= 4 is 11.7 Å². The van der Waals surface area contributed by atoms with Gasteiger partial charge in [0.1, 0.15) is 12.1 Å². The van der Waals surface area contributed by atoms with E-state index in [2.05, 4.69) is 15.3 Å². The molecule has 6 heteroatoms. The van der Waals surface area contributed by atoms with E-state index in [0.717, 1.165) is 6.33 Å². The van der Waals surface area contributed by atoms with Crippen LogP contribution in [0.2, 0.25) is 0 Å². The maximum Gasteiger partial charge on any atom is 0.239 e. The highest BCUT2D eigenvalue weighted by atomic mass is 19.1. The SMILES string of the molecule is CCN(CC(=O)NC(C)C)c1cc(F)ncn1. The minimum Gasteiger partial charge on any atom is -0.352 e. The Morgan fingerprint density at radius 2 is 2.24 bits per heavy atom. The quantitative estimate of drug-likeness (QED) is 0.779. The minimum absolute atomic E-state index is 0.0864. The van der Waals surface area contributed by atoms with Crippen LogP contribution in [0.15, 0.2) is 12.4 Å². The third-order valence-electron chi connectivity index (χ3n) is 2.11. The van der Waals surface area contributed by atoms with Crippen molar-refractivity contribution in [1.29, 1.82) is 0 Å². The third-order valence-corrected chi connectivity index (χ3v) is 2.11. The van der Waals surface area contributed by atoms with E-state index < -0.39 is 5.95 Å². The smallest absolute Gasteiger partial charge is 0.239 e. The van der Waals surface area contributed by atoms with Crippen molar-refractivity contribution in [2.75, 3.05) is 18.0 Å². The summed E-state index contributed by atoms with van der Waals surface area (Å²) in [6.07, 6.45) is 1.15. The maximum atomic E-state index is 12.9. The standard InChI is InChI=1S/C11H17FN4O/c1-4-16(6-11(17)15-8(2)3)10-5-9(12)13-7-14-10/h5,7-8H,4,6H2,1-3H3,(H,15,17). The first-order valence-electron chi connectivity index (χ1n) is 5.54. The number of carbonyl (C=O) groups is 1. The van der Waals surface area contributed by atoms with E-state index in [0.29, 0.717) is 12.4 Å². The van der Waals surface area contributed by atoms with Crippen LogP contribution in [0.3, 0.4) is 0 Å². The molecule has 0 aromatic carbocycles. The number of anilines is 1. The van der Waals surface area contributed by atoms with Gasteiger partial charge in [-0.1, -0.05) is 0 Å². The molecule has 0 saturated carbocycles. The van der Waals surface area contributed by atoms with E-state index in [9.17, 15) is 9.18 Å².